The molecule has 2 aromatic rings. The van der Waals surface area contributed by atoms with E-state index in [2.05, 4.69) is 31.2 Å². The second-order valence-electron chi connectivity index (χ2n) is 8.32. The number of halogens is 1. The zero-order chi connectivity index (χ0) is 22.3. The van der Waals surface area contributed by atoms with Gasteiger partial charge in [-0.15, -0.1) is 0 Å². The molecule has 4 N–H and O–H groups in total. The summed E-state index contributed by atoms with van der Waals surface area (Å²) >= 11 is 5.93. The van der Waals surface area contributed by atoms with Gasteiger partial charge in [0.1, 0.15) is 22.5 Å². The van der Waals surface area contributed by atoms with Crippen molar-refractivity contribution in [2.75, 3.05) is 36.8 Å². The molecule has 2 aromatic heterocycles. The van der Waals surface area contributed by atoms with Gasteiger partial charge in [-0.3, -0.25) is 9.59 Å². The molecule has 0 aromatic carbocycles. The highest BCUT2D eigenvalue weighted by molar-refractivity contribution is 6.30. The van der Waals surface area contributed by atoms with Crippen LogP contribution in [0.1, 0.15) is 16.8 Å². The molecule has 164 valence electrons. The molecule has 32 heavy (non-hydrogen) atoms. The fourth-order valence-corrected chi connectivity index (χ4v) is 4.76. The molecule has 4 aliphatic heterocycles. The third-order valence-electron chi connectivity index (χ3n) is 6.26. The molecule has 0 saturated heterocycles. The largest absolute Gasteiger partial charge is 0.312 e. The lowest BCUT2D eigenvalue weighted by Crippen LogP contribution is -2.45. The highest BCUT2D eigenvalue weighted by Crippen LogP contribution is 2.40. The van der Waals surface area contributed by atoms with Gasteiger partial charge in [-0.05, 0) is 19.1 Å². The van der Waals surface area contributed by atoms with Gasteiger partial charge in [0.05, 0.1) is 5.02 Å². The van der Waals surface area contributed by atoms with Crippen LogP contribution in [0.15, 0.2) is 48.7 Å². The first kappa shape index (κ1) is 20.8. The molecule has 0 radical (unpaired) electrons. The Morgan fingerprint density at radius 2 is 1.53 bits per heavy atom. The molecule has 0 unspecified atom stereocenters. The van der Waals surface area contributed by atoms with Crippen LogP contribution >= 0.6 is 11.6 Å². The molecule has 0 saturated carbocycles. The number of pyridine rings is 2. The van der Waals surface area contributed by atoms with E-state index in [0.29, 0.717) is 29.7 Å². The number of nitrogens with zero attached hydrogens (tertiary/aromatic N) is 2. The molecular formula is C23H23ClN6O2. The molecule has 2 atom stereocenters. The van der Waals surface area contributed by atoms with Crippen molar-refractivity contribution in [2.45, 2.75) is 17.8 Å². The normalized spacial score (nSPS) is 26.9. The smallest absolute Gasteiger partial charge is 0.241 e. The Hall–Kier alpha value is -3.07. The van der Waals surface area contributed by atoms with Crippen LogP contribution in [-0.4, -0.2) is 48.0 Å². The molecule has 4 aliphatic rings. The second-order valence-corrected chi connectivity index (χ2v) is 8.75. The number of fused-ring (bicyclic) bond motifs is 4. The number of rotatable bonds is 0. The minimum Gasteiger partial charge on any atom is -0.312 e. The van der Waals surface area contributed by atoms with Crippen LogP contribution in [0.3, 0.4) is 0 Å². The second kappa shape index (κ2) is 7.81. The Bertz CT molecular complexity index is 1180. The van der Waals surface area contributed by atoms with E-state index in [-0.39, 0.29) is 11.8 Å². The predicted octanol–water partition coefficient (Wildman–Crippen LogP) is 1.82. The van der Waals surface area contributed by atoms with Gasteiger partial charge >= 0.3 is 0 Å². The van der Waals surface area contributed by atoms with Gasteiger partial charge in [0.2, 0.25) is 11.8 Å². The van der Waals surface area contributed by atoms with Gasteiger partial charge in [0.25, 0.3) is 0 Å². The number of amides is 2. The lowest BCUT2D eigenvalue weighted by molar-refractivity contribution is -0.120. The van der Waals surface area contributed by atoms with Crippen molar-refractivity contribution in [3.8, 4) is 0 Å². The molecule has 0 bridgehead atoms. The van der Waals surface area contributed by atoms with Crippen LogP contribution in [0.2, 0.25) is 5.02 Å². The molecule has 6 heterocycles. The predicted molar refractivity (Wildman–Crippen MR) is 123 cm³/mol. The van der Waals surface area contributed by atoms with Crippen molar-refractivity contribution in [2.24, 2.45) is 0 Å². The van der Waals surface area contributed by atoms with Crippen LogP contribution in [0.5, 0.6) is 0 Å². The van der Waals surface area contributed by atoms with Gasteiger partial charge in [-0.2, -0.15) is 0 Å². The summed E-state index contributed by atoms with van der Waals surface area (Å²) in [6.07, 6.45) is 9.42. The molecule has 2 amide bonds. The van der Waals surface area contributed by atoms with E-state index in [9.17, 15) is 9.59 Å². The average Bonchev–Trinajstić information content (AvgIpc) is 3.20. The number of hydrogen-bond acceptors (Lipinski definition) is 6. The fraction of sp³-hybridized carbons (Fsp3) is 0.304. The number of anilines is 2. The van der Waals surface area contributed by atoms with Gasteiger partial charge in [0, 0.05) is 49.2 Å². The summed E-state index contributed by atoms with van der Waals surface area (Å²) in [4.78, 5) is 32.6. The number of carbonyl (C=O) groups excluding carboxylic acids is 2. The molecule has 8 nitrogen and oxygen atoms in total. The van der Waals surface area contributed by atoms with Crippen LogP contribution < -0.4 is 21.3 Å². The first-order valence-electron chi connectivity index (χ1n) is 10.5. The van der Waals surface area contributed by atoms with Crippen LogP contribution in [-0.2, 0) is 20.4 Å². The Balaban J connectivity index is 0.000000135. The van der Waals surface area contributed by atoms with E-state index in [1.54, 1.807) is 12.3 Å². The minimum atomic E-state index is -0.633. The topological polar surface area (TPSA) is 108 Å². The van der Waals surface area contributed by atoms with Crippen molar-refractivity contribution in [1.82, 2.24) is 20.6 Å². The SMILES string of the molecule is Cc1ccc2c(n1)NC(=O)[C@@]21C=CCNC1.O=C1Nc2ncc(Cl)cc2[C@]12C=CCNC2. The highest BCUT2D eigenvalue weighted by Gasteiger charge is 2.47. The van der Waals surface area contributed by atoms with Gasteiger partial charge in [0.15, 0.2) is 0 Å². The summed E-state index contributed by atoms with van der Waals surface area (Å²) in [5.41, 5.74) is 1.57. The van der Waals surface area contributed by atoms with Crippen LogP contribution in [0.4, 0.5) is 11.6 Å². The Labute approximate surface area is 190 Å². The number of aromatic nitrogens is 2. The Morgan fingerprint density at radius 1 is 0.906 bits per heavy atom. The monoisotopic (exact) mass is 450 g/mol. The van der Waals surface area contributed by atoms with Crippen molar-refractivity contribution in [3.05, 3.63) is 70.5 Å². The number of hydrogen-bond donors (Lipinski definition) is 4. The molecular weight excluding hydrogens is 428 g/mol. The zero-order valence-corrected chi connectivity index (χ0v) is 18.3. The number of carbonyl (C=O) groups is 2. The van der Waals surface area contributed by atoms with E-state index in [1.807, 2.05) is 43.4 Å². The maximum absolute atomic E-state index is 12.1. The van der Waals surface area contributed by atoms with Crippen molar-refractivity contribution in [1.29, 1.82) is 0 Å². The highest BCUT2D eigenvalue weighted by atomic mass is 35.5. The number of aryl methyl sites for hydroxylation is 1. The Kier molecular flexibility index (Phi) is 5.08. The summed E-state index contributed by atoms with van der Waals surface area (Å²) < 4.78 is 0. The van der Waals surface area contributed by atoms with E-state index < -0.39 is 10.8 Å². The summed E-state index contributed by atoms with van der Waals surface area (Å²) in [6.45, 7) is 4.77. The summed E-state index contributed by atoms with van der Waals surface area (Å²) in [7, 11) is 0. The van der Waals surface area contributed by atoms with Crippen molar-refractivity contribution in [3.63, 3.8) is 0 Å². The first-order chi connectivity index (χ1) is 15.4. The third-order valence-corrected chi connectivity index (χ3v) is 6.47. The minimum absolute atomic E-state index is 0.0176. The maximum atomic E-state index is 12.1. The lowest BCUT2D eigenvalue weighted by atomic mass is 9.80. The molecule has 2 spiro atoms. The van der Waals surface area contributed by atoms with E-state index >= 15 is 0 Å². The lowest BCUT2D eigenvalue weighted by Gasteiger charge is -2.26. The van der Waals surface area contributed by atoms with E-state index in [0.717, 1.165) is 29.9 Å². The summed E-state index contributed by atoms with van der Waals surface area (Å²) in [6, 6.07) is 5.75. The van der Waals surface area contributed by atoms with Crippen molar-refractivity contribution >= 4 is 35.1 Å². The van der Waals surface area contributed by atoms with Crippen LogP contribution in [0, 0.1) is 6.92 Å². The summed E-state index contributed by atoms with van der Waals surface area (Å²) in [5.74, 6) is 1.30. The quantitative estimate of drug-likeness (QED) is 0.456. The Morgan fingerprint density at radius 3 is 2.16 bits per heavy atom. The molecule has 0 aliphatic carbocycles. The van der Waals surface area contributed by atoms with E-state index in [1.165, 1.54) is 0 Å². The molecule has 9 heteroatoms. The fourth-order valence-electron chi connectivity index (χ4n) is 4.60. The average molecular weight is 451 g/mol. The maximum Gasteiger partial charge on any atom is 0.241 e. The van der Waals surface area contributed by atoms with Crippen LogP contribution in [0.25, 0.3) is 0 Å². The molecule has 6 rings (SSSR count). The van der Waals surface area contributed by atoms with Gasteiger partial charge in [-0.1, -0.05) is 42.0 Å². The van der Waals surface area contributed by atoms with E-state index in [4.69, 9.17) is 11.6 Å². The number of nitrogens with one attached hydrogen (secondary N) is 4. The first-order valence-corrected chi connectivity index (χ1v) is 10.9. The summed E-state index contributed by atoms with van der Waals surface area (Å²) in [5, 5.41) is 12.6. The van der Waals surface area contributed by atoms with Gasteiger partial charge < -0.3 is 21.3 Å². The van der Waals surface area contributed by atoms with Gasteiger partial charge in [-0.25, -0.2) is 9.97 Å². The molecule has 0 fully saturated rings. The van der Waals surface area contributed by atoms with Crippen molar-refractivity contribution < 1.29 is 9.59 Å². The zero-order valence-electron chi connectivity index (χ0n) is 17.5. The standard InChI is InChI=1S/C12H13N3O.C11H10ClN3O/c1-8-3-4-9-10(14-8)15-11(16)12(9)5-2-6-13-7-12;12-7-4-8-9(14-5-7)15-10(16)11(8)2-1-3-13-6-11/h2-5,13H,6-7H2,1H3,(H,14,15,16);1-2,4-5,13H,3,6H2,(H,14,15,16)/t12-;11-/m11/s1. The third kappa shape index (κ3) is 3.23.